The zero-order chi connectivity index (χ0) is 23.1. The van der Waals surface area contributed by atoms with E-state index in [0.29, 0.717) is 28.9 Å². The van der Waals surface area contributed by atoms with E-state index in [1.807, 2.05) is 0 Å². The van der Waals surface area contributed by atoms with Crippen LogP contribution in [0.4, 0.5) is 4.39 Å². The highest BCUT2D eigenvalue weighted by molar-refractivity contribution is 6.16. The van der Waals surface area contributed by atoms with Crippen LogP contribution in [0, 0.1) is 5.82 Å². The Morgan fingerprint density at radius 1 is 1.24 bits per heavy atom. The second-order valence-corrected chi connectivity index (χ2v) is 8.13. The van der Waals surface area contributed by atoms with E-state index in [4.69, 9.17) is 13.9 Å². The van der Waals surface area contributed by atoms with Gasteiger partial charge in [-0.05, 0) is 42.7 Å². The number of methoxy groups -OCH3 is 1. The van der Waals surface area contributed by atoms with Crippen LogP contribution in [-0.2, 0) is 9.53 Å². The Hall–Kier alpha value is -3.65. The van der Waals surface area contributed by atoms with Crippen molar-refractivity contribution in [3.63, 3.8) is 0 Å². The van der Waals surface area contributed by atoms with Crippen LogP contribution in [0.5, 0.6) is 5.75 Å². The van der Waals surface area contributed by atoms with Gasteiger partial charge < -0.3 is 23.9 Å². The Morgan fingerprint density at radius 2 is 2.03 bits per heavy atom. The van der Waals surface area contributed by atoms with Crippen LogP contribution in [-0.4, -0.2) is 48.1 Å². The Bertz CT molecular complexity index is 1260. The van der Waals surface area contributed by atoms with E-state index < -0.39 is 29.3 Å². The van der Waals surface area contributed by atoms with E-state index in [9.17, 15) is 19.1 Å². The molecule has 7 nitrogen and oxygen atoms in total. The number of furan rings is 1. The van der Waals surface area contributed by atoms with Crippen molar-refractivity contribution in [2.45, 2.75) is 25.0 Å². The van der Waals surface area contributed by atoms with Crippen LogP contribution in [0.15, 0.2) is 64.3 Å². The fourth-order valence-corrected chi connectivity index (χ4v) is 4.51. The predicted octanol–water partition coefficient (Wildman–Crippen LogP) is 4.34. The van der Waals surface area contributed by atoms with Crippen molar-refractivity contribution in [1.29, 1.82) is 0 Å². The number of aliphatic hydroxyl groups is 1. The number of fused-ring (bicyclic) bond motifs is 1. The monoisotopic (exact) mass is 451 g/mol. The first-order valence-electron chi connectivity index (χ1n) is 10.7. The smallest absolute Gasteiger partial charge is 0.290 e. The zero-order valence-corrected chi connectivity index (χ0v) is 17.9. The molecule has 1 amide bonds. The van der Waals surface area contributed by atoms with E-state index in [-0.39, 0.29) is 24.0 Å². The molecule has 0 saturated carbocycles. The van der Waals surface area contributed by atoms with Gasteiger partial charge in [0.15, 0.2) is 22.9 Å². The van der Waals surface area contributed by atoms with Crippen LogP contribution in [0.1, 0.15) is 35.0 Å². The summed E-state index contributed by atoms with van der Waals surface area (Å²) in [6, 6.07) is 11.4. The SMILES string of the molecule is COc1cccc2cc(C(=O)C3=C(O)C(=O)N(CC4CCCO4)C3c3ccc(F)cc3)oc12. The number of aliphatic hydroxyl groups excluding tert-OH is 1. The number of carbonyl (C=O) groups is 2. The van der Waals surface area contributed by atoms with Gasteiger partial charge in [-0.1, -0.05) is 24.3 Å². The lowest BCUT2D eigenvalue weighted by Gasteiger charge is -2.28. The average molecular weight is 451 g/mol. The fourth-order valence-electron chi connectivity index (χ4n) is 4.51. The summed E-state index contributed by atoms with van der Waals surface area (Å²) in [5, 5.41) is 11.4. The second kappa shape index (κ2) is 8.37. The molecule has 1 aromatic heterocycles. The highest BCUT2D eigenvalue weighted by Gasteiger charge is 2.45. The largest absolute Gasteiger partial charge is 0.503 e. The summed E-state index contributed by atoms with van der Waals surface area (Å²) in [4.78, 5) is 28.0. The summed E-state index contributed by atoms with van der Waals surface area (Å²) in [5.41, 5.74) is 0.786. The van der Waals surface area contributed by atoms with Gasteiger partial charge in [0, 0.05) is 18.5 Å². The van der Waals surface area contributed by atoms with E-state index in [1.165, 1.54) is 36.3 Å². The number of hydrogen-bond acceptors (Lipinski definition) is 6. The number of nitrogens with zero attached hydrogens (tertiary/aromatic N) is 1. The van der Waals surface area contributed by atoms with Gasteiger partial charge in [0.1, 0.15) is 5.82 Å². The van der Waals surface area contributed by atoms with Crippen molar-refractivity contribution in [2.24, 2.45) is 0 Å². The number of rotatable bonds is 6. The van der Waals surface area contributed by atoms with Crippen LogP contribution < -0.4 is 4.74 Å². The molecule has 0 bridgehead atoms. The molecule has 0 aliphatic carbocycles. The van der Waals surface area contributed by atoms with Gasteiger partial charge in [-0.15, -0.1) is 0 Å². The maximum absolute atomic E-state index is 13.6. The lowest BCUT2D eigenvalue weighted by atomic mass is 9.94. The standard InChI is InChI=1S/C25H22FNO6/c1-31-18-6-2-4-15-12-19(33-24(15)18)22(28)20-21(14-7-9-16(26)10-8-14)27(25(30)23(20)29)13-17-5-3-11-32-17/h2,4,6-10,12,17,21,29H,3,5,11,13H2,1H3. The van der Waals surface area contributed by atoms with Crippen LogP contribution >= 0.6 is 0 Å². The van der Waals surface area contributed by atoms with E-state index in [2.05, 4.69) is 0 Å². The highest BCUT2D eigenvalue weighted by Crippen LogP contribution is 2.41. The lowest BCUT2D eigenvalue weighted by Crippen LogP contribution is -2.37. The van der Waals surface area contributed by atoms with Crippen molar-refractivity contribution < 1.29 is 33.0 Å². The van der Waals surface area contributed by atoms with Gasteiger partial charge in [0.2, 0.25) is 5.78 Å². The lowest BCUT2D eigenvalue weighted by molar-refractivity contribution is -0.131. The number of hydrogen-bond donors (Lipinski definition) is 1. The van der Waals surface area contributed by atoms with Crippen LogP contribution in [0.25, 0.3) is 11.0 Å². The molecule has 1 N–H and O–H groups in total. The Labute approximate surface area is 189 Å². The molecule has 2 aliphatic rings. The topological polar surface area (TPSA) is 89.2 Å². The number of amides is 1. The average Bonchev–Trinajstić information content (AvgIpc) is 3.54. The van der Waals surface area contributed by atoms with Gasteiger partial charge in [-0.25, -0.2) is 4.39 Å². The summed E-state index contributed by atoms with van der Waals surface area (Å²) >= 11 is 0. The molecule has 3 aromatic rings. The van der Waals surface area contributed by atoms with Crippen LogP contribution in [0.3, 0.4) is 0 Å². The van der Waals surface area contributed by atoms with Gasteiger partial charge in [0.25, 0.3) is 5.91 Å². The van der Waals surface area contributed by atoms with Gasteiger partial charge >= 0.3 is 0 Å². The number of Topliss-reactive ketones (excluding diaryl/α,β-unsaturated/α-hetero) is 1. The molecule has 170 valence electrons. The van der Waals surface area contributed by atoms with Crippen molar-refractivity contribution >= 4 is 22.7 Å². The van der Waals surface area contributed by atoms with Crippen molar-refractivity contribution in [3.05, 3.63) is 77.0 Å². The number of ether oxygens (including phenoxy) is 2. The molecule has 2 unspecified atom stereocenters. The van der Waals surface area contributed by atoms with Crippen molar-refractivity contribution in [1.82, 2.24) is 4.90 Å². The first kappa shape index (κ1) is 21.2. The van der Waals surface area contributed by atoms with Gasteiger partial charge in [0.05, 0.1) is 24.8 Å². The van der Waals surface area contributed by atoms with Gasteiger partial charge in [-0.2, -0.15) is 0 Å². The summed E-state index contributed by atoms with van der Waals surface area (Å²) < 4.78 is 30.4. The molecule has 3 heterocycles. The first-order chi connectivity index (χ1) is 16.0. The van der Waals surface area contributed by atoms with E-state index >= 15 is 0 Å². The molecule has 33 heavy (non-hydrogen) atoms. The Morgan fingerprint density at radius 3 is 2.73 bits per heavy atom. The minimum atomic E-state index is -0.898. The molecular formula is C25H22FNO6. The predicted molar refractivity (Wildman–Crippen MR) is 117 cm³/mol. The Balaban J connectivity index is 1.58. The van der Waals surface area contributed by atoms with Gasteiger partial charge in [-0.3, -0.25) is 9.59 Å². The number of benzene rings is 2. The summed E-state index contributed by atoms with van der Waals surface area (Å²) in [6.45, 7) is 0.801. The molecule has 8 heteroatoms. The zero-order valence-electron chi connectivity index (χ0n) is 17.9. The molecular weight excluding hydrogens is 429 g/mol. The third-order valence-corrected chi connectivity index (χ3v) is 6.11. The number of para-hydroxylation sites is 1. The molecule has 1 fully saturated rings. The normalized spacial score (nSPS) is 20.8. The number of ketones is 1. The summed E-state index contributed by atoms with van der Waals surface area (Å²) in [5.74, 6) is -1.95. The fraction of sp³-hybridized carbons (Fsp3) is 0.280. The summed E-state index contributed by atoms with van der Waals surface area (Å²) in [6.07, 6.45) is 1.45. The molecule has 2 aromatic carbocycles. The minimum Gasteiger partial charge on any atom is -0.503 e. The van der Waals surface area contributed by atoms with E-state index in [0.717, 1.165) is 12.8 Å². The first-order valence-corrected chi connectivity index (χ1v) is 10.7. The minimum absolute atomic E-state index is 0.0325. The number of halogens is 1. The molecule has 1 saturated heterocycles. The third-order valence-electron chi connectivity index (χ3n) is 6.11. The van der Waals surface area contributed by atoms with Crippen molar-refractivity contribution in [3.8, 4) is 5.75 Å². The maximum atomic E-state index is 13.6. The summed E-state index contributed by atoms with van der Waals surface area (Å²) in [7, 11) is 1.50. The van der Waals surface area contributed by atoms with E-state index in [1.54, 1.807) is 24.3 Å². The van der Waals surface area contributed by atoms with Crippen molar-refractivity contribution in [2.75, 3.05) is 20.3 Å². The molecule has 5 rings (SSSR count). The third kappa shape index (κ3) is 3.66. The van der Waals surface area contributed by atoms with Crippen LogP contribution in [0.2, 0.25) is 0 Å². The molecule has 0 radical (unpaired) electrons. The Kier molecular flexibility index (Phi) is 5.38. The highest BCUT2D eigenvalue weighted by atomic mass is 19.1. The second-order valence-electron chi connectivity index (χ2n) is 8.13. The molecule has 2 atom stereocenters. The quantitative estimate of drug-likeness (QED) is 0.561. The number of carbonyl (C=O) groups excluding carboxylic acids is 2. The maximum Gasteiger partial charge on any atom is 0.290 e. The molecule has 0 spiro atoms. The molecule has 2 aliphatic heterocycles.